The molecule has 1 N–H and O–H groups in total. The first kappa shape index (κ1) is 23.1. The zero-order valence-electron chi connectivity index (χ0n) is 19.5. The molecule has 2 aromatic heterocycles. The van der Waals surface area contributed by atoms with E-state index in [1.165, 1.54) is 5.56 Å². The quantitative estimate of drug-likeness (QED) is 0.572. The van der Waals surface area contributed by atoms with Gasteiger partial charge in [-0.25, -0.2) is 0 Å². The number of benzene rings is 1. The van der Waals surface area contributed by atoms with E-state index in [0.717, 1.165) is 62.8 Å². The van der Waals surface area contributed by atoms with Gasteiger partial charge in [-0.2, -0.15) is 5.10 Å². The van der Waals surface area contributed by atoms with Gasteiger partial charge < -0.3 is 5.32 Å². The summed E-state index contributed by atoms with van der Waals surface area (Å²) in [6, 6.07) is 10.6. The van der Waals surface area contributed by atoms with Crippen molar-refractivity contribution in [1.29, 1.82) is 0 Å². The highest BCUT2D eigenvalue weighted by Gasteiger charge is 2.25. The molecular weight excluding hydrogens is 414 g/mol. The van der Waals surface area contributed by atoms with E-state index in [4.69, 9.17) is 0 Å². The predicted molar refractivity (Wildman–Crippen MR) is 129 cm³/mol. The predicted octanol–water partition coefficient (Wildman–Crippen LogP) is 2.62. The van der Waals surface area contributed by atoms with Gasteiger partial charge in [-0.3, -0.25) is 29.2 Å². The zero-order chi connectivity index (χ0) is 23.0. The Bertz CT molecular complexity index is 1020. The summed E-state index contributed by atoms with van der Waals surface area (Å²) < 4.78 is 1.84. The molecule has 0 aliphatic carbocycles. The van der Waals surface area contributed by atoms with Crippen molar-refractivity contribution in [2.75, 3.05) is 38.0 Å². The molecule has 1 aromatic carbocycles. The van der Waals surface area contributed by atoms with E-state index in [1.807, 2.05) is 30.9 Å². The Labute approximate surface area is 195 Å². The van der Waals surface area contributed by atoms with Crippen molar-refractivity contribution in [2.24, 2.45) is 5.92 Å². The van der Waals surface area contributed by atoms with Crippen LogP contribution in [0.3, 0.4) is 0 Å². The fourth-order valence-electron chi connectivity index (χ4n) is 4.44. The summed E-state index contributed by atoms with van der Waals surface area (Å²) in [5.41, 5.74) is 3.94. The van der Waals surface area contributed by atoms with E-state index in [0.29, 0.717) is 12.5 Å². The minimum atomic E-state index is 0.00325. The van der Waals surface area contributed by atoms with Crippen LogP contribution in [0, 0.1) is 12.8 Å². The molecular formula is C25H33N7O. The minimum Gasteiger partial charge on any atom is -0.322 e. The van der Waals surface area contributed by atoms with E-state index in [1.54, 1.807) is 12.4 Å². The van der Waals surface area contributed by atoms with Crippen LogP contribution in [-0.4, -0.2) is 68.2 Å². The number of amides is 1. The van der Waals surface area contributed by atoms with Crippen LogP contribution in [0.5, 0.6) is 0 Å². The van der Waals surface area contributed by atoms with Gasteiger partial charge in [0.15, 0.2) is 0 Å². The average Bonchev–Trinajstić information content (AvgIpc) is 3.06. The second kappa shape index (κ2) is 11.2. The van der Waals surface area contributed by atoms with Crippen LogP contribution in [0.4, 0.5) is 5.69 Å². The van der Waals surface area contributed by atoms with Gasteiger partial charge in [0.25, 0.3) is 0 Å². The van der Waals surface area contributed by atoms with E-state index < -0.39 is 0 Å². The van der Waals surface area contributed by atoms with E-state index >= 15 is 0 Å². The molecule has 0 saturated carbocycles. The number of anilines is 1. The lowest BCUT2D eigenvalue weighted by Crippen LogP contribution is -2.37. The topological polar surface area (TPSA) is 79.2 Å². The summed E-state index contributed by atoms with van der Waals surface area (Å²) in [7, 11) is 0. The van der Waals surface area contributed by atoms with Gasteiger partial charge in [0.2, 0.25) is 5.91 Å². The fourth-order valence-corrected chi connectivity index (χ4v) is 4.44. The van der Waals surface area contributed by atoms with Gasteiger partial charge in [0, 0.05) is 64.1 Å². The zero-order valence-corrected chi connectivity index (χ0v) is 19.5. The third-order valence-electron chi connectivity index (χ3n) is 6.04. The molecule has 1 aliphatic rings. The first-order chi connectivity index (χ1) is 16.1. The summed E-state index contributed by atoms with van der Waals surface area (Å²) >= 11 is 0. The number of hydrogen-bond acceptors (Lipinski definition) is 6. The first-order valence-corrected chi connectivity index (χ1v) is 11.7. The van der Waals surface area contributed by atoms with E-state index in [9.17, 15) is 4.79 Å². The van der Waals surface area contributed by atoms with Crippen LogP contribution in [0.2, 0.25) is 0 Å². The van der Waals surface area contributed by atoms with Crippen molar-refractivity contribution in [2.45, 2.75) is 33.4 Å². The van der Waals surface area contributed by atoms with Gasteiger partial charge >= 0.3 is 0 Å². The maximum Gasteiger partial charge on any atom is 0.238 e. The molecule has 3 heterocycles. The number of carbonyl (C=O) groups excluding carboxylic acids is 1. The van der Waals surface area contributed by atoms with Crippen LogP contribution in [0.25, 0.3) is 0 Å². The summed E-state index contributed by atoms with van der Waals surface area (Å²) in [4.78, 5) is 26.3. The Morgan fingerprint density at radius 2 is 1.91 bits per heavy atom. The maximum absolute atomic E-state index is 12.9. The largest absolute Gasteiger partial charge is 0.322 e. The second-order valence-corrected chi connectivity index (χ2v) is 8.75. The Balaban J connectivity index is 1.42. The molecule has 4 rings (SSSR count). The van der Waals surface area contributed by atoms with Gasteiger partial charge in [0.1, 0.15) is 0 Å². The van der Waals surface area contributed by atoms with Crippen LogP contribution >= 0.6 is 0 Å². The second-order valence-electron chi connectivity index (χ2n) is 8.75. The van der Waals surface area contributed by atoms with Gasteiger partial charge in [-0.15, -0.1) is 0 Å². The van der Waals surface area contributed by atoms with Crippen molar-refractivity contribution in [3.63, 3.8) is 0 Å². The molecule has 174 valence electrons. The van der Waals surface area contributed by atoms with Crippen molar-refractivity contribution >= 4 is 11.6 Å². The van der Waals surface area contributed by atoms with Gasteiger partial charge in [0.05, 0.1) is 23.6 Å². The Morgan fingerprint density at radius 1 is 1.12 bits per heavy atom. The highest BCUT2D eigenvalue weighted by atomic mass is 16.2. The van der Waals surface area contributed by atoms with Crippen molar-refractivity contribution in [3.05, 3.63) is 72.1 Å². The third-order valence-corrected chi connectivity index (χ3v) is 6.04. The van der Waals surface area contributed by atoms with Gasteiger partial charge in [-0.05, 0) is 31.7 Å². The molecule has 1 aliphatic heterocycles. The van der Waals surface area contributed by atoms with Crippen molar-refractivity contribution in [1.82, 2.24) is 29.5 Å². The number of aromatic nitrogens is 4. The van der Waals surface area contributed by atoms with Crippen LogP contribution in [0.1, 0.15) is 23.9 Å². The van der Waals surface area contributed by atoms with Crippen molar-refractivity contribution in [3.8, 4) is 0 Å². The summed E-state index contributed by atoms with van der Waals surface area (Å²) in [6.45, 7) is 9.61. The highest BCUT2D eigenvalue weighted by Crippen LogP contribution is 2.17. The van der Waals surface area contributed by atoms with Gasteiger partial charge in [-0.1, -0.05) is 30.3 Å². The molecule has 1 saturated heterocycles. The summed E-state index contributed by atoms with van der Waals surface area (Å²) in [5.74, 6) is 0.369. The van der Waals surface area contributed by atoms with Crippen molar-refractivity contribution < 1.29 is 4.79 Å². The molecule has 8 nitrogen and oxygen atoms in total. The molecule has 1 fully saturated rings. The molecule has 1 atom stereocenters. The maximum atomic E-state index is 12.9. The molecule has 1 amide bonds. The monoisotopic (exact) mass is 447 g/mol. The molecule has 0 radical (unpaired) electrons. The third kappa shape index (κ3) is 6.69. The molecule has 0 spiro atoms. The molecule has 0 unspecified atom stereocenters. The lowest BCUT2D eigenvalue weighted by Gasteiger charge is -2.24. The van der Waals surface area contributed by atoms with Crippen LogP contribution < -0.4 is 5.32 Å². The van der Waals surface area contributed by atoms with E-state index in [2.05, 4.69) is 60.5 Å². The molecule has 8 heteroatoms. The molecule has 0 bridgehead atoms. The Hall–Kier alpha value is -3.10. The number of nitrogens with zero attached hydrogens (tertiary/aromatic N) is 6. The normalized spacial score (nSPS) is 17.6. The fraction of sp³-hybridized carbons (Fsp3) is 0.440. The smallest absolute Gasteiger partial charge is 0.238 e. The number of hydrogen-bond donors (Lipinski definition) is 1. The number of rotatable bonds is 8. The average molecular weight is 448 g/mol. The minimum absolute atomic E-state index is 0.00325. The summed E-state index contributed by atoms with van der Waals surface area (Å²) in [5, 5.41) is 7.47. The Morgan fingerprint density at radius 3 is 2.64 bits per heavy atom. The first-order valence-electron chi connectivity index (χ1n) is 11.7. The molecule has 33 heavy (non-hydrogen) atoms. The highest BCUT2D eigenvalue weighted by molar-refractivity contribution is 5.92. The Kier molecular flexibility index (Phi) is 7.80. The van der Waals surface area contributed by atoms with E-state index in [-0.39, 0.29) is 5.91 Å². The lowest BCUT2D eigenvalue weighted by atomic mass is 10.0. The van der Waals surface area contributed by atoms with Crippen LogP contribution in [0.15, 0.2) is 55.1 Å². The number of aryl methyl sites for hydroxylation is 2. The number of nitrogens with one attached hydrogen (secondary N) is 1. The van der Waals surface area contributed by atoms with Crippen LogP contribution in [-0.2, 0) is 24.3 Å². The summed E-state index contributed by atoms with van der Waals surface area (Å²) in [6.07, 6.45) is 8.04. The standard InChI is InChI=1S/C25H33N7O/c1-3-32-18-24(20(2)29-32)28-25(33)19-31-12-11-30(15-21-7-5-4-6-8-21)16-22(17-31)13-23-14-26-9-10-27-23/h4-10,14,18,22H,3,11-13,15-17,19H2,1-2H3,(H,28,33)/t22-/m1/s1. The number of carbonyl (C=O) groups is 1. The SMILES string of the molecule is CCn1cc(NC(=O)CN2CCN(Cc3ccccc3)C[C@@H](Cc3cnccn3)C2)c(C)n1. The lowest BCUT2D eigenvalue weighted by molar-refractivity contribution is -0.117. The molecule has 3 aromatic rings.